The van der Waals surface area contributed by atoms with E-state index in [0.29, 0.717) is 12.2 Å². The number of likely N-dealkylation sites (N-methyl/N-ethyl adjacent to an activating group) is 2. The Balaban J connectivity index is 0.000000755. The number of carboxylic acids is 1. The average molecular weight is 534 g/mol. The summed E-state index contributed by atoms with van der Waals surface area (Å²) < 4.78 is 4.99. The molecule has 0 fully saturated rings. The summed E-state index contributed by atoms with van der Waals surface area (Å²) in [6, 6.07) is 8.63. The number of hydrogen-bond donors (Lipinski definition) is 3. The van der Waals surface area contributed by atoms with E-state index in [1.54, 1.807) is 38.9 Å². The third-order valence-corrected chi connectivity index (χ3v) is 6.51. The zero-order valence-electron chi connectivity index (χ0n) is 25.3. The summed E-state index contributed by atoms with van der Waals surface area (Å²) in [6.07, 6.45) is 2.53. The summed E-state index contributed by atoms with van der Waals surface area (Å²) in [4.78, 5) is 37.1. The van der Waals surface area contributed by atoms with Gasteiger partial charge in [0.25, 0.3) is 0 Å². The molecule has 0 unspecified atom stereocenters. The summed E-state index contributed by atoms with van der Waals surface area (Å²) in [5.41, 5.74) is 7.10. The number of nitrogens with one attached hydrogen (secondary N) is 1. The van der Waals surface area contributed by atoms with Crippen molar-refractivity contribution in [2.45, 2.75) is 86.9 Å². The molecule has 8 heteroatoms. The molecule has 3 atom stereocenters. The van der Waals surface area contributed by atoms with Gasteiger partial charge in [0.1, 0.15) is 6.04 Å². The summed E-state index contributed by atoms with van der Waals surface area (Å²) >= 11 is 0. The number of esters is 1. The first kappa shape index (κ1) is 35.3. The molecule has 0 aliphatic carbocycles. The molecule has 0 aliphatic rings. The van der Waals surface area contributed by atoms with Crippen LogP contribution in [0.2, 0.25) is 0 Å². The van der Waals surface area contributed by atoms with E-state index in [9.17, 15) is 14.4 Å². The standard InChI is InChI=1S/C17H32N2O3.C13H19NO2/c1-9-22-16(21)12(4)10-13(11(2)3)19(8)15(20)14(18)17(5,6)7;1-13(2,11(14-3)12(15)16)9-10-7-5-4-6-8-10/h10-11,13-14H,9,18H2,1-8H3;4-8,11,14H,9H2,1-3H3,(H,15,16)/b12-10+;/t13-,14-;11-/m11/s1. The Hall–Kier alpha value is -2.71. The first-order chi connectivity index (χ1) is 17.4. The van der Waals surface area contributed by atoms with E-state index in [4.69, 9.17) is 15.6 Å². The molecule has 0 aliphatic heterocycles. The number of carbonyl (C=O) groups excluding carboxylic acids is 2. The Kier molecular flexibility index (Phi) is 14.5. The maximum atomic E-state index is 12.6. The van der Waals surface area contributed by atoms with Crippen molar-refractivity contribution >= 4 is 17.8 Å². The second kappa shape index (κ2) is 15.6. The molecule has 38 heavy (non-hydrogen) atoms. The predicted octanol–water partition coefficient (Wildman–Crippen LogP) is 4.28. The Labute approximate surface area is 230 Å². The number of carbonyl (C=O) groups is 3. The van der Waals surface area contributed by atoms with E-state index in [1.165, 1.54) is 0 Å². The zero-order chi connectivity index (χ0) is 29.8. The largest absolute Gasteiger partial charge is 0.480 e. The van der Waals surface area contributed by atoms with Crippen LogP contribution in [0.4, 0.5) is 0 Å². The minimum Gasteiger partial charge on any atom is -0.480 e. The molecule has 0 aromatic heterocycles. The maximum Gasteiger partial charge on any atom is 0.333 e. The van der Waals surface area contributed by atoms with Crippen LogP contribution in [-0.2, 0) is 25.5 Å². The van der Waals surface area contributed by atoms with E-state index >= 15 is 0 Å². The topological polar surface area (TPSA) is 122 Å². The van der Waals surface area contributed by atoms with Crippen LogP contribution in [0.5, 0.6) is 0 Å². The van der Waals surface area contributed by atoms with Crippen molar-refractivity contribution < 1.29 is 24.2 Å². The van der Waals surface area contributed by atoms with Crippen molar-refractivity contribution in [3.05, 3.63) is 47.5 Å². The Morgan fingerprint density at radius 1 is 1.11 bits per heavy atom. The van der Waals surface area contributed by atoms with Crippen LogP contribution in [0.15, 0.2) is 42.0 Å². The fourth-order valence-electron chi connectivity index (χ4n) is 4.13. The molecule has 1 rings (SSSR count). The molecule has 4 N–H and O–H groups in total. The second-order valence-electron chi connectivity index (χ2n) is 11.8. The van der Waals surface area contributed by atoms with Gasteiger partial charge in [0.05, 0.1) is 18.7 Å². The van der Waals surface area contributed by atoms with Gasteiger partial charge in [0.15, 0.2) is 0 Å². The molecular weight excluding hydrogens is 482 g/mol. The van der Waals surface area contributed by atoms with Gasteiger partial charge in [0.2, 0.25) is 5.91 Å². The lowest BCUT2D eigenvalue weighted by molar-refractivity contribution is -0.142. The molecule has 1 amide bonds. The second-order valence-corrected chi connectivity index (χ2v) is 11.8. The van der Waals surface area contributed by atoms with Crippen molar-refractivity contribution in [2.24, 2.45) is 22.5 Å². The monoisotopic (exact) mass is 533 g/mol. The number of rotatable bonds is 11. The first-order valence-corrected chi connectivity index (χ1v) is 13.2. The molecule has 0 radical (unpaired) electrons. The third kappa shape index (κ3) is 11.4. The minimum atomic E-state index is -0.802. The lowest BCUT2D eigenvalue weighted by Gasteiger charge is -2.35. The summed E-state index contributed by atoms with van der Waals surface area (Å²) in [5.74, 6) is -1.12. The SMILES string of the molecule is CCOC(=O)/C(C)=C/[C@H](C(C)C)N(C)C(=O)[C@@H](N)C(C)(C)C.CN[C@H](C(=O)O)C(C)(C)Cc1ccccc1. The highest BCUT2D eigenvalue weighted by Gasteiger charge is 2.34. The van der Waals surface area contributed by atoms with Crippen LogP contribution in [0, 0.1) is 16.7 Å². The van der Waals surface area contributed by atoms with Crippen molar-refractivity contribution in [1.29, 1.82) is 0 Å². The number of ether oxygens (including phenoxy) is 1. The molecule has 0 saturated carbocycles. The summed E-state index contributed by atoms with van der Waals surface area (Å²) in [6.45, 7) is 17.6. The van der Waals surface area contributed by atoms with Crippen LogP contribution in [0.3, 0.4) is 0 Å². The van der Waals surface area contributed by atoms with Gasteiger partial charge in [-0.3, -0.25) is 9.59 Å². The predicted molar refractivity (Wildman–Crippen MR) is 154 cm³/mol. The van der Waals surface area contributed by atoms with Crippen LogP contribution < -0.4 is 11.1 Å². The van der Waals surface area contributed by atoms with Crippen LogP contribution in [0.25, 0.3) is 0 Å². The molecular formula is C30H51N3O5. The molecule has 216 valence electrons. The molecule has 0 spiro atoms. The van der Waals surface area contributed by atoms with Gasteiger partial charge in [0, 0.05) is 12.6 Å². The third-order valence-electron chi connectivity index (χ3n) is 6.51. The Bertz CT molecular complexity index is 920. The minimum absolute atomic E-state index is 0.126. The van der Waals surface area contributed by atoms with E-state index in [-0.39, 0.29) is 34.7 Å². The maximum absolute atomic E-state index is 12.6. The molecule has 0 heterocycles. The normalized spacial score (nSPS) is 14.6. The Morgan fingerprint density at radius 3 is 2.03 bits per heavy atom. The van der Waals surface area contributed by atoms with Gasteiger partial charge in [-0.05, 0) is 49.6 Å². The highest BCUT2D eigenvalue weighted by Crippen LogP contribution is 2.26. The molecule has 8 nitrogen and oxygen atoms in total. The number of hydrogen-bond acceptors (Lipinski definition) is 6. The van der Waals surface area contributed by atoms with Crippen molar-refractivity contribution in [3.8, 4) is 0 Å². The quantitative estimate of drug-likeness (QED) is 0.287. The van der Waals surface area contributed by atoms with Gasteiger partial charge in [-0.1, -0.05) is 84.9 Å². The molecule has 0 bridgehead atoms. The number of nitrogens with two attached hydrogens (primary N) is 1. The van der Waals surface area contributed by atoms with Gasteiger partial charge in [-0.25, -0.2) is 4.79 Å². The fraction of sp³-hybridized carbons (Fsp3) is 0.633. The van der Waals surface area contributed by atoms with Gasteiger partial charge < -0.3 is 25.8 Å². The summed E-state index contributed by atoms with van der Waals surface area (Å²) in [7, 11) is 3.42. The highest BCUT2D eigenvalue weighted by atomic mass is 16.5. The average Bonchev–Trinajstić information content (AvgIpc) is 2.81. The Morgan fingerprint density at radius 2 is 1.63 bits per heavy atom. The molecule has 1 aromatic carbocycles. The smallest absolute Gasteiger partial charge is 0.333 e. The molecule has 1 aromatic rings. The van der Waals surface area contributed by atoms with Crippen molar-refractivity contribution in [3.63, 3.8) is 0 Å². The number of nitrogens with zero attached hydrogens (tertiary/aromatic N) is 1. The van der Waals surface area contributed by atoms with Crippen LogP contribution in [0.1, 0.15) is 67.9 Å². The van der Waals surface area contributed by atoms with E-state index in [2.05, 4.69) is 5.32 Å². The van der Waals surface area contributed by atoms with Crippen LogP contribution >= 0.6 is 0 Å². The van der Waals surface area contributed by atoms with E-state index < -0.39 is 18.1 Å². The number of aliphatic carboxylic acids is 1. The zero-order valence-corrected chi connectivity index (χ0v) is 25.3. The van der Waals surface area contributed by atoms with E-state index in [0.717, 1.165) is 12.0 Å². The van der Waals surface area contributed by atoms with Gasteiger partial charge in [-0.2, -0.15) is 0 Å². The van der Waals surface area contributed by atoms with E-state index in [1.807, 2.05) is 78.8 Å². The lowest BCUT2D eigenvalue weighted by Crippen LogP contribution is -2.52. The number of amides is 1. The number of benzene rings is 1. The van der Waals surface area contributed by atoms with Crippen LogP contribution in [-0.4, -0.2) is 66.7 Å². The lowest BCUT2D eigenvalue weighted by atomic mass is 9.79. The van der Waals surface area contributed by atoms with Gasteiger partial charge in [-0.15, -0.1) is 0 Å². The van der Waals surface area contributed by atoms with Crippen molar-refractivity contribution in [1.82, 2.24) is 10.2 Å². The van der Waals surface area contributed by atoms with Crippen molar-refractivity contribution in [2.75, 3.05) is 20.7 Å². The highest BCUT2D eigenvalue weighted by molar-refractivity contribution is 5.88. The first-order valence-electron chi connectivity index (χ1n) is 13.2. The fourth-order valence-corrected chi connectivity index (χ4v) is 4.13. The molecule has 0 saturated heterocycles. The van der Waals surface area contributed by atoms with Gasteiger partial charge >= 0.3 is 11.9 Å². The number of carboxylic acid groups (broad SMARTS) is 1. The summed E-state index contributed by atoms with van der Waals surface area (Å²) in [5, 5.41) is 12.0.